The van der Waals surface area contributed by atoms with Crippen LogP contribution >= 0.6 is 7.26 Å². The number of fused-ring (bicyclic) bond motifs is 2. The van der Waals surface area contributed by atoms with Crippen LogP contribution in [0, 0.1) is 0 Å². The molecule has 0 aliphatic heterocycles. The molecule has 0 fully saturated rings. The molecule has 2 aromatic rings. The number of carbonyl (C=O) groups is 2. The van der Waals surface area contributed by atoms with Crippen LogP contribution in [0.25, 0.3) is 0 Å². The number of ketones is 2. The molecule has 0 saturated carbocycles. The van der Waals surface area contributed by atoms with Crippen LogP contribution in [0.5, 0.6) is 0 Å². The second-order valence-electron chi connectivity index (χ2n) is 10.0. The highest BCUT2D eigenvalue weighted by molar-refractivity contribution is 7.85. The summed E-state index contributed by atoms with van der Waals surface area (Å²) in [7, 11) is -4.98. The highest BCUT2D eigenvalue weighted by Gasteiger charge is 2.34. The average molecular weight is 548 g/mol. The molecule has 1 N–H and O–H groups in total. The van der Waals surface area contributed by atoms with Gasteiger partial charge in [0.05, 0.1) is 29.5 Å². The van der Waals surface area contributed by atoms with Gasteiger partial charge in [-0.25, -0.2) is 0 Å². The van der Waals surface area contributed by atoms with E-state index in [1.54, 1.807) is 42.8 Å². The Kier molecular flexibility index (Phi) is 12.6. The summed E-state index contributed by atoms with van der Waals surface area (Å²) in [6.07, 6.45) is 17.9. The summed E-state index contributed by atoms with van der Waals surface area (Å²) in [5.41, 5.74) is 0.659. The van der Waals surface area contributed by atoms with Gasteiger partial charge in [-0.15, -0.1) is 0 Å². The van der Waals surface area contributed by atoms with E-state index in [2.05, 4.69) is 27.7 Å². The zero-order valence-electron chi connectivity index (χ0n) is 23.0. The monoisotopic (exact) mass is 547 g/mol. The summed E-state index contributed by atoms with van der Waals surface area (Å²) in [4.78, 5) is 24.1. The van der Waals surface area contributed by atoms with Gasteiger partial charge in [0, 0.05) is 29.5 Å². The van der Waals surface area contributed by atoms with Crippen molar-refractivity contribution in [2.45, 2.75) is 84.0 Å². The Labute approximate surface area is 224 Å². The normalized spacial score (nSPS) is 13.0. The van der Waals surface area contributed by atoms with E-state index in [0.717, 1.165) is 12.1 Å². The molecule has 0 heterocycles. The molecule has 5 nitrogen and oxygen atoms in total. The van der Waals surface area contributed by atoms with Crippen molar-refractivity contribution in [3.8, 4) is 0 Å². The number of hydrogen-bond acceptors (Lipinski definition) is 4. The maximum absolute atomic E-state index is 12.3. The quantitative estimate of drug-likeness (QED) is 0.173. The first-order valence-electron chi connectivity index (χ1n) is 13.8. The fourth-order valence-electron chi connectivity index (χ4n) is 4.88. The SMILES string of the molecule is CCCC[P+](CCCC)(CCCC)CCCC.O=C1c2ccccc2C(=O)c2cc(S(=O)(=O)O)ccc21. The average Bonchev–Trinajstić information content (AvgIpc) is 2.90. The fraction of sp³-hybridized carbons (Fsp3) is 0.533. The minimum atomic E-state index is -4.42. The summed E-state index contributed by atoms with van der Waals surface area (Å²) >= 11 is 0. The van der Waals surface area contributed by atoms with Crippen molar-refractivity contribution in [1.29, 1.82) is 0 Å². The molecule has 0 bridgehead atoms. The first-order chi connectivity index (χ1) is 17.6. The lowest BCUT2D eigenvalue weighted by Crippen LogP contribution is -2.21. The lowest BCUT2D eigenvalue weighted by Gasteiger charge is -2.28. The number of rotatable bonds is 13. The zero-order chi connectivity index (χ0) is 27.5. The molecule has 0 saturated heterocycles. The Bertz CT molecular complexity index is 1120. The van der Waals surface area contributed by atoms with Crippen LogP contribution in [0.15, 0.2) is 47.4 Å². The molecule has 0 spiro atoms. The van der Waals surface area contributed by atoms with Crippen molar-refractivity contribution < 1.29 is 22.6 Å². The van der Waals surface area contributed by atoms with E-state index in [1.807, 2.05) is 0 Å². The summed E-state index contributed by atoms with van der Waals surface area (Å²) < 4.78 is 31.2. The van der Waals surface area contributed by atoms with E-state index in [9.17, 15) is 18.0 Å². The highest BCUT2D eigenvalue weighted by atomic mass is 32.2. The molecule has 2 aromatic carbocycles. The van der Waals surface area contributed by atoms with Crippen molar-refractivity contribution in [2.24, 2.45) is 0 Å². The van der Waals surface area contributed by atoms with Gasteiger partial charge in [-0.05, 0) is 43.9 Å². The predicted molar refractivity (Wildman–Crippen MR) is 156 cm³/mol. The van der Waals surface area contributed by atoms with Crippen LogP contribution in [0.1, 0.15) is 111 Å². The Balaban J connectivity index is 0.000000265. The Morgan fingerprint density at radius 3 is 1.38 bits per heavy atom. The van der Waals surface area contributed by atoms with E-state index in [0.29, 0.717) is 5.56 Å². The second kappa shape index (κ2) is 14.9. The second-order valence-corrected chi connectivity index (χ2v) is 15.9. The highest BCUT2D eigenvalue weighted by Crippen LogP contribution is 2.61. The largest absolute Gasteiger partial charge is 0.294 e. The van der Waals surface area contributed by atoms with Gasteiger partial charge in [-0.2, -0.15) is 8.42 Å². The van der Waals surface area contributed by atoms with Crippen molar-refractivity contribution >= 4 is 28.9 Å². The van der Waals surface area contributed by atoms with Gasteiger partial charge in [0.1, 0.15) is 0 Å². The van der Waals surface area contributed by atoms with Gasteiger partial charge < -0.3 is 0 Å². The molecule has 1 aliphatic carbocycles. The van der Waals surface area contributed by atoms with Crippen LogP contribution in [0.3, 0.4) is 0 Å². The molecule has 1 aliphatic rings. The molecule has 37 heavy (non-hydrogen) atoms. The van der Waals surface area contributed by atoms with Crippen LogP contribution in [-0.4, -0.2) is 49.2 Å². The van der Waals surface area contributed by atoms with Crippen LogP contribution in [0.4, 0.5) is 0 Å². The van der Waals surface area contributed by atoms with Gasteiger partial charge in [0.2, 0.25) is 0 Å². The van der Waals surface area contributed by atoms with Crippen molar-refractivity contribution in [1.82, 2.24) is 0 Å². The molecular formula is C30H44O5PS+. The molecule has 0 aromatic heterocycles. The summed E-state index contributed by atoms with van der Waals surface area (Å²) in [6, 6.07) is 9.72. The third-order valence-electron chi connectivity index (χ3n) is 7.14. The zero-order valence-corrected chi connectivity index (χ0v) is 24.7. The van der Waals surface area contributed by atoms with Crippen LogP contribution in [-0.2, 0) is 10.1 Å². The first kappa shape index (κ1) is 31.3. The van der Waals surface area contributed by atoms with E-state index >= 15 is 0 Å². The number of carbonyl (C=O) groups excluding carboxylic acids is 2. The van der Waals surface area contributed by atoms with Gasteiger partial charge in [-0.3, -0.25) is 14.1 Å². The fourth-order valence-corrected chi connectivity index (χ4v) is 10.7. The molecule has 0 amide bonds. The maximum atomic E-state index is 12.3. The lowest BCUT2D eigenvalue weighted by atomic mass is 9.84. The van der Waals surface area contributed by atoms with Gasteiger partial charge in [-0.1, -0.05) is 77.6 Å². The number of unbranched alkanes of at least 4 members (excludes halogenated alkanes) is 4. The molecule has 7 heteroatoms. The van der Waals surface area contributed by atoms with Gasteiger partial charge in [0.15, 0.2) is 11.6 Å². The lowest BCUT2D eigenvalue weighted by molar-refractivity contribution is 0.0979. The Morgan fingerprint density at radius 2 is 1.00 bits per heavy atom. The summed E-state index contributed by atoms with van der Waals surface area (Å²) in [5.74, 6) is -0.766. The molecule has 0 unspecified atom stereocenters. The standard InChI is InChI=1S/C16H36P.C14H8O5S/c1-5-9-13-17(14-10-6-2,15-11-7-3)16-12-8-4;15-13-9-3-1-2-4-10(9)14(16)12-7-8(20(17,18)19)5-6-11(12)13/h5-16H2,1-4H3;1-7H,(H,17,18,19)/q+1;. The number of benzene rings is 2. The minimum absolute atomic E-state index is 0.0103. The van der Waals surface area contributed by atoms with Crippen LogP contribution in [0.2, 0.25) is 0 Å². The predicted octanol–water partition coefficient (Wildman–Crippen LogP) is 7.91. The third kappa shape index (κ3) is 8.56. The van der Waals surface area contributed by atoms with Gasteiger partial charge in [0.25, 0.3) is 10.1 Å². The third-order valence-corrected chi connectivity index (χ3v) is 13.0. The van der Waals surface area contributed by atoms with Crippen molar-refractivity contribution in [3.63, 3.8) is 0 Å². The van der Waals surface area contributed by atoms with Crippen LogP contribution < -0.4 is 0 Å². The van der Waals surface area contributed by atoms with E-state index in [1.165, 1.54) is 63.5 Å². The number of hydrogen-bond donors (Lipinski definition) is 1. The molecule has 0 radical (unpaired) electrons. The molecule has 3 rings (SSSR count). The molecule has 0 atom stereocenters. The Hall–Kier alpha value is -1.88. The van der Waals surface area contributed by atoms with E-state index in [-0.39, 0.29) is 22.5 Å². The van der Waals surface area contributed by atoms with Crippen molar-refractivity contribution in [3.05, 3.63) is 64.7 Å². The Morgan fingerprint density at radius 1 is 0.622 bits per heavy atom. The smallest absolute Gasteiger partial charge is 0.289 e. The van der Waals surface area contributed by atoms with Crippen molar-refractivity contribution in [2.75, 3.05) is 24.6 Å². The van der Waals surface area contributed by atoms with E-state index in [4.69, 9.17) is 4.55 Å². The van der Waals surface area contributed by atoms with Gasteiger partial charge >= 0.3 is 0 Å². The molecular weight excluding hydrogens is 503 g/mol. The summed E-state index contributed by atoms with van der Waals surface area (Å²) in [6.45, 7) is 9.42. The minimum Gasteiger partial charge on any atom is -0.289 e. The first-order valence-corrected chi connectivity index (χ1v) is 17.8. The maximum Gasteiger partial charge on any atom is 0.294 e. The summed E-state index contributed by atoms with van der Waals surface area (Å²) in [5, 5.41) is 0. The molecule has 204 valence electrons. The topological polar surface area (TPSA) is 88.5 Å². The van der Waals surface area contributed by atoms with E-state index < -0.39 is 28.1 Å².